The molecule has 0 unspecified atom stereocenters. The summed E-state index contributed by atoms with van der Waals surface area (Å²) in [5.74, 6) is 0. The van der Waals surface area contributed by atoms with Crippen molar-refractivity contribution in [2.45, 2.75) is 0 Å². The number of para-hydroxylation sites is 2. The first-order valence-corrected chi connectivity index (χ1v) is 6.39. The number of nitrogens with one attached hydrogen (secondary N) is 1. The molecule has 0 aliphatic carbocycles. The molecular weight excluding hydrogens is 241 g/mol. The van der Waals surface area contributed by atoms with Crippen LogP contribution < -0.4 is 5.32 Å². The maximum Gasteiger partial charge on any atom is 0.267 e. The predicted molar refractivity (Wildman–Crippen MR) is 69.6 cm³/mol. The van der Waals surface area contributed by atoms with E-state index in [1.54, 1.807) is 0 Å². The lowest BCUT2D eigenvalue weighted by molar-refractivity contribution is 0.605. The van der Waals surface area contributed by atoms with Gasteiger partial charge in [0.05, 0.1) is 0 Å². The summed E-state index contributed by atoms with van der Waals surface area (Å²) in [4.78, 5) is 0. The average Bonchev–Trinajstić information content (AvgIpc) is 2.33. The minimum Gasteiger partial charge on any atom is -0.356 e. The maximum atomic E-state index is 8.67. The van der Waals surface area contributed by atoms with Crippen molar-refractivity contribution in [3.8, 4) is 0 Å². The molecule has 0 aliphatic rings. The van der Waals surface area contributed by atoms with Crippen molar-refractivity contribution in [1.82, 2.24) is 0 Å². The maximum absolute atomic E-state index is 8.67. The molecule has 0 heterocycles. The van der Waals surface area contributed by atoms with Crippen LogP contribution in [-0.2, 0) is 4.57 Å². The van der Waals surface area contributed by atoms with E-state index in [0.29, 0.717) is 0 Å². The van der Waals surface area contributed by atoms with Crippen LogP contribution in [0.2, 0.25) is 0 Å². The van der Waals surface area contributed by atoms with E-state index in [0.717, 1.165) is 11.4 Å². The number of benzene rings is 2. The van der Waals surface area contributed by atoms with Gasteiger partial charge < -0.3 is 5.32 Å². The quantitative estimate of drug-likeness (QED) is 0.772. The van der Waals surface area contributed by atoms with Crippen molar-refractivity contribution < 1.29 is 4.57 Å². The van der Waals surface area contributed by atoms with Crippen LogP contribution in [-0.4, -0.2) is 0 Å². The van der Waals surface area contributed by atoms with Gasteiger partial charge in [0.1, 0.15) is 0 Å². The third-order valence-corrected chi connectivity index (χ3v) is 1.84. The Balaban J connectivity index is 0.000000386. The summed E-state index contributed by atoms with van der Waals surface area (Å²) in [6.45, 7) is 0. The fraction of sp³-hybridized carbons (Fsp3) is 0. The largest absolute Gasteiger partial charge is 0.356 e. The molecule has 0 saturated heterocycles. The predicted octanol–water partition coefficient (Wildman–Crippen LogP) is 4.86. The van der Waals surface area contributed by atoms with E-state index >= 15 is 0 Å². The summed E-state index contributed by atoms with van der Waals surface area (Å²) in [6.07, 6.45) is 0. The Bertz CT molecular complexity index is 370. The van der Waals surface area contributed by atoms with Crippen molar-refractivity contribution in [2.24, 2.45) is 0 Å². The van der Waals surface area contributed by atoms with Crippen LogP contribution in [0.25, 0.3) is 0 Å². The Hall–Kier alpha value is -1.37. The summed E-state index contributed by atoms with van der Waals surface area (Å²) in [5.41, 5.74) is 2.24. The second-order valence-corrected chi connectivity index (χ2v) is 3.48. The number of hydrogen-bond acceptors (Lipinski definition) is 2. The van der Waals surface area contributed by atoms with Gasteiger partial charge in [-0.2, -0.15) is 0 Å². The lowest BCUT2D eigenvalue weighted by Crippen LogP contribution is -1.87. The number of halogens is 1. The van der Waals surface area contributed by atoms with Crippen molar-refractivity contribution in [3.05, 3.63) is 60.7 Å². The first-order chi connectivity index (χ1) is 7.86. The molecule has 0 spiro atoms. The molecule has 0 aliphatic heterocycles. The lowest BCUT2D eigenvalue weighted by Gasteiger charge is -2.04. The Labute approximate surface area is 101 Å². The Morgan fingerprint density at radius 3 is 1.44 bits per heavy atom. The summed E-state index contributed by atoms with van der Waals surface area (Å²) in [5, 5.41) is 3.30. The molecule has 0 saturated carbocycles. The number of anilines is 2. The SMILES string of the molecule is O=PCl.c1ccc(Nc2ccccc2)cc1. The van der Waals surface area contributed by atoms with Gasteiger partial charge in [-0.05, 0) is 35.5 Å². The van der Waals surface area contributed by atoms with E-state index in [1.807, 2.05) is 60.7 Å². The van der Waals surface area contributed by atoms with E-state index in [2.05, 4.69) is 16.6 Å². The second kappa shape index (κ2) is 7.86. The van der Waals surface area contributed by atoms with Crippen LogP contribution in [0, 0.1) is 0 Å². The average molecular weight is 252 g/mol. The molecule has 0 fully saturated rings. The lowest BCUT2D eigenvalue weighted by atomic mass is 10.3. The molecule has 2 aromatic rings. The van der Waals surface area contributed by atoms with Gasteiger partial charge in [-0.1, -0.05) is 36.4 Å². The molecular formula is C12H11ClNOP. The van der Waals surface area contributed by atoms with Crippen LogP contribution in [0.4, 0.5) is 11.4 Å². The topological polar surface area (TPSA) is 29.1 Å². The van der Waals surface area contributed by atoms with Crippen molar-refractivity contribution in [1.29, 1.82) is 0 Å². The fourth-order valence-electron chi connectivity index (χ4n) is 1.21. The fourth-order valence-corrected chi connectivity index (χ4v) is 1.21. The van der Waals surface area contributed by atoms with Gasteiger partial charge in [-0.15, -0.1) is 0 Å². The van der Waals surface area contributed by atoms with Gasteiger partial charge >= 0.3 is 0 Å². The minimum atomic E-state index is -0.361. The molecule has 0 amide bonds. The third kappa shape index (κ3) is 4.92. The van der Waals surface area contributed by atoms with E-state index < -0.39 is 0 Å². The Kier molecular flexibility index (Phi) is 6.24. The highest BCUT2D eigenvalue weighted by Gasteiger charge is 1.89. The summed E-state index contributed by atoms with van der Waals surface area (Å²) in [6, 6.07) is 20.3. The Morgan fingerprint density at radius 1 is 0.812 bits per heavy atom. The second-order valence-electron chi connectivity index (χ2n) is 2.93. The zero-order valence-corrected chi connectivity index (χ0v) is 10.2. The van der Waals surface area contributed by atoms with Gasteiger partial charge in [-0.3, -0.25) is 4.57 Å². The van der Waals surface area contributed by atoms with E-state index in [-0.39, 0.29) is 7.81 Å². The molecule has 1 N–H and O–H groups in total. The molecule has 82 valence electrons. The highest BCUT2D eigenvalue weighted by molar-refractivity contribution is 7.57. The molecule has 16 heavy (non-hydrogen) atoms. The standard InChI is InChI=1S/C12H11N.ClOP/c1-3-7-11(8-4-1)13-12-9-5-2-6-10-12;1-3-2/h1-10,13H;. The van der Waals surface area contributed by atoms with Crippen LogP contribution in [0.5, 0.6) is 0 Å². The van der Waals surface area contributed by atoms with Crippen LogP contribution in [0.3, 0.4) is 0 Å². The highest BCUT2D eigenvalue weighted by atomic mass is 35.7. The van der Waals surface area contributed by atoms with Crippen LogP contribution in [0.15, 0.2) is 60.7 Å². The normalized spacial score (nSPS) is 9.06. The first kappa shape index (κ1) is 12.7. The van der Waals surface area contributed by atoms with Gasteiger partial charge in [-0.25, -0.2) is 0 Å². The van der Waals surface area contributed by atoms with Gasteiger partial charge in [0, 0.05) is 11.4 Å². The molecule has 0 radical (unpaired) electrons. The zero-order valence-electron chi connectivity index (χ0n) is 8.51. The third-order valence-electron chi connectivity index (χ3n) is 1.84. The summed E-state index contributed by atoms with van der Waals surface area (Å²) < 4.78 is 8.67. The van der Waals surface area contributed by atoms with Gasteiger partial charge in [0.15, 0.2) is 0 Å². The van der Waals surface area contributed by atoms with E-state index in [4.69, 9.17) is 4.57 Å². The first-order valence-electron chi connectivity index (χ1n) is 4.67. The van der Waals surface area contributed by atoms with E-state index in [1.165, 1.54) is 0 Å². The number of hydrogen-bond donors (Lipinski definition) is 1. The van der Waals surface area contributed by atoms with E-state index in [9.17, 15) is 0 Å². The molecule has 0 atom stereocenters. The van der Waals surface area contributed by atoms with Crippen molar-refractivity contribution in [3.63, 3.8) is 0 Å². The van der Waals surface area contributed by atoms with Gasteiger partial charge in [0.2, 0.25) is 0 Å². The minimum absolute atomic E-state index is 0.361. The molecule has 2 rings (SSSR count). The molecule has 2 nitrogen and oxygen atoms in total. The molecule has 0 bridgehead atoms. The zero-order chi connectivity index (χ0) is 11.6. The molecule has 0 aromatic heterocycles. The Morgan fingerprint density at radius 2 is 1.12 bits per heavy atom. The molecule has 4 heteroatoms. The molecule has 2 aromatic carbocycles. The van der Waals surface area contributed by atoms with Crippen LogP contribution >= 0.6 is 19.1 Å². The van der Waals surface area contributed by atoms with Gasteiger partial charge in [0.25, 0.3) is 7.81 Å². The van der Waals surface area contributed by atoms with Crippen LogP contribution in [0.1, 0.15) is 0 Å². The summed E-state index contributed by atoms with van der Waals surface area (Å²) in [7, 11) is -0.361. The monoisotopic (exact) mass is 251 g/mol. The number of rotatable bonds is 2. The van der Waals surface area contributed by atoms with Crippen molar-refractivity contribution >= 4 is 30.4 Å². The van der Waals surface area contributed by atoms with Crippen molar-refractivity contribution in [2.75, 3.05) is 5.32 Å². The smallest absolute Gasteiger partial charge is 0.267 e. The summed E-state index contributed by atoms with van der Waals surface area (Å²) >= 11 is 4.42. The highest BCUT2D eigenvalue weighted by Crippen LogP contribution is 2.14.